The number of unbranched alkanes of at least 4 members (excludes halogenated alkanes) is 1. The fourth-order valence-electron chi connectivity index (χ4n) is 3.34. The average Bonchev–Trinajstić information content (AvgIpc) is 2.62. The molecule has 1 amide bonds. The van der Waals surface area contributed by atoms with Crippen molar-refractivity contribution in [3.05, 3.63) is 0 Å². The number of guanidine groups is 1. The lowest BCUT2D eigenvalue weighted by Gasteiger charge is -2.33. The molecule has 1 rings (SSSR count). The molecule has 0 aromatic carbocycles. The maximum atomic E-state index is 12.1. The molecule has 1 unspecified atom stereocenters. The molecule has 1 saturated heterocycles. The molecular weight excluding hydrogens is 481 g/mol. The Morgan fingerprint density at radius 1 is 1.21 bits per heavy atom. The first-order valence-electron chi connectivity index (χ1n) is 11.0. The molecule has 0 spiro atoms. The number of carbonyl (C=O) groups is 1. The summed E-state index contributed by atoms with van der Waals surface area (Å²) in [5.74, 6) is 0.805. The molecule has 0 radical (unpaired) electrons. The highest BCUT2D eigenvalue weighted by molar-refractivity contribution is 14.0. The minimum Gasteiger partial charge on any atom is -0.444 e. The van der Waals surface area contributed by atoms with E-state index < -0.39 is 5.60 Å². The van der Waals surface area contributed by atoms with Gasteiger partial charge in [-0.15, -0.1) is 24.0 Å². The van der Waals surface area contributed by atoms with Crippen LogP contribution >= 0.6 is 24.0 Å². The fraction of sp³-hybridized carbons (Fsp3) is 0.905. The van der Waals surface area contributed by atoms with Gasteiger partial charge in [0.05, 0.1) is 0 Å². The van der Waals surface area contributed by atoms with Gasteiger partial charge in [-0.1, -0.05) is 26.7 Å². The Balaban J connectivity index is 0.00000784. The molecule has 8 heteroatoms. The zero-order valence-electron chi connectivity index (χ0n) is 19.3. The smallest absolute Gasteiger partial charge is 0.407 e. The molecule has 0 aromatic heterocycles. The van der Waals surface area contributed by atoms with Crippen molar-refractivity contribution in [2.45, 2.75) is 90.8 Å². The number of ether oxygens (including phenoxy) is 1. The third-order valence-corrected chi connectivity index (χ3v) is 4.85. The van der Waals surface area contributed by atoms with Crippen LogP contribution < -0.4 is 16.0 Å². The molecule has 3 N–H and O–H groups in total. The van der Waals surface area contributed by atoms with E-state index in [9.17, 15) is 4.79 Å². The first-order chi connectivity index (χ1) is 13.3. The van der Waals surface area contributed by atoms with Gasteiger partial charge in [-0.05, 0) is 53.0 Å². The van der Waals surface area contributed by atoms with Gasteiger partial charge in [-0.2, -0.15) is 0 Å². The summed E-state index contributed by atoms with van der Waals surface area (Å²) >= 11 is 0. The second kappa shape index (κ2) is 15.1. The zero-order chi connectivity index (χ0) is 21.0. The third kappa shape index (κ3) is 13.2. The molecule has 0 bridgehead atoms. The topological polar surface area (TPSA) is 78.0 Å². The van der Waals surface area contributed by atoms with Crippen LogP contribution in [0.2, 0.25) is 0 Å². The number of alkyl carbamates (subject to hydrolysis) is 1. The van der Waals surface area contributed by atoms with Gasteiger partial charge in [-0.3, -0.25) is 4.99 Å². The first kappa shape index (κ1) is 28.2. The minimum atomic E-state index is -0.488. The Bertz CT molecular complexity index is 474. The first-order valence-corrected chi connectivity index (χ1v) is 11.0. The Morgan fingerprint density at radius 3 is 2.38 bits per heavy atom. The van der Waals surface area contributed by atoms with Crippen molar-refractivity contribution in [1.82, 2.24) is 20.9 Å². The SMILES string of the molecule is CCCCN1CCC(NC(=NC)NCC(CCC)NC(=O)OC(C)(C)C)CC1.I. The summed E-state index contributed by atoms with van der Waals surface area (Å²) in [5, 5.41) is 9.88. The van der Waals surface area contributed by atoms with Crippen LogP contribution in [0.3, 0.4) is 0 Å². The highest BCUT2D eigenvalue weighted by atomic mass is 127. The summed E-state index contributed by atoms with van der Waals surface area (Å²) in [4.78, 5) is 19.0. The second-order valence-corrected chi connectivity index (χ2v) is 8.70. The van der Waals surface area contributed by atoms with E-state index in [1.807, 2.05) is 20.8 Å². The van der Waals surface area contributed by atoms with Gasteiger partial charge in [0.1, 0.15) is 5.60 Å². The van der Waals surface area contributed by atoms with Gasteiger partial charge >= 0.3 is 6.09 Å². The van der Waals surface area contributed by atoms with Crippen LogP contribution in [0, 0.1) is 0 Å². The van der Waals surface area contributed by atoms with Crippen molar-refractivity contribution in [2.24, 2.45) is 4.99 Å². The number of carbonyl (C=O) groups excluding carboxylic acids is 1. The highest BCUT2D eigenvalue weighted by Crippen LogP contribution is 2.11. The maximum Gasteiger partial charge on any atom is 0.407 e. The predicted octanol–water partition coefficient (Wildman–Crippen LogP) is 3.73. The average molecular weight is 526 g/mol. The van der Waals surface area contributed by atoms with Crippen LogP contribution in [0.15, 0.2) is 4.99 Å². The van der Waals surface area contributed by atoms with Gasteiger partial charge in [0.25, 0.3) is 0 Å². The van der Waals surface area contributed by atoms with E-state index in [1.165, 1.54) is 19.4 Å². The predicted molar refractivity (Wildman–Crippen MR) is 132 cm³/mol. The van der Waals surface area contributed by atoms with E-state index >= 15 is 0 Å². The summed E-state index contributed by atoms with van der Waals surface area (Å²) in [6.45, 7) is 14.1. The number of likely N-dealkylation sites (tertiary alicyclic amines) is 1. The number of hydrogen-bond donors (Lipinski definition) is 3. The van der Waals surface area contributed by atoms with Crippen LogP contribution in [0.4, 0.5) is 4.79 Å². The maximum absolute atomic E-state index is 12.1. The molecule has 0 aromatic rings. The monoisotopic (exact) mass is 525 g/mol. The second-order valence-electron chi connectivity index (χ2n) is 8.70. The summed E-state index contributed by atoms with van der Waals surface area (Å²) < 4.78 is 5.38. The summed E-state index contributed by atoms with van der Waals surface area (Å²) in [6.07, 6.45) is 6.33. The molecule has 1 atom stereocenters. The van der Waals surface area contributed by atoms with Crippen molar-refractivity contribution in [1.29, 1.82) is 0 Å². The largest absolute Gasteiger partial charge is 0.444 e. The van der Waals surface area contributed by atoms with E-state index in [0.717, 1.165) is 44.7 Å². The third-order valence-electron chi connectivity index (χ3n) is 4.85. The van der Waals surface area contributed by atoms with Gasteiger partial charge < -0.3 is 25.6 Å². The van der Waals surface area contributed by atoms with Crippen LogP contribution in [-0.4, -0.2) is 67.9 Å². The molecule has 0 aliphatic carbocycles. The fourth-order valence-corrected chi connectivity index (χ4v) is 3.34. The normalized spacial score (nSPS) is 17.2. The van der Waals surface area contributed by atoms with E-state index in [-0.39, 0.29) is 36.1 Å². The quantitative estimate of drug-likeness (QED) is 0.243. The lowest BCUT2D eigenvalue weighted by molar-refractivity contribution is 0.0502. The molecule has 1 aliphatic heterocycles. The van der Waals surface area contributed by atoms with Crippen molar-refractivity contribution in [3.8, 4) is 0 Å². The van der Waals surface area contributed by atoms with Crippen LogP contribution in [0.5, 0.6) is 0 Å². The number of rotatable bonds is 9. The van der Waals surface area contributed by atoms with Crippen LogP contribution in [0.25, 0.3) is 0 Å². The van der Waals surface area contributed by atoms with Crippen molar-refractivity contribution >= 4 is 36.0 Å². The van der Waals surface area contributed by atoms with E-state index in [2.05, 4.69) is 39.7 Å². The van der Waals surface area contributed by atoms with Crippen molar-refractivity contribution in [3.63, 3.8) is 0 Å². The van der Waals surface area contributed by atoms with Gasteiger partial charge in [0, 0.05) is 38.8 Å². The molecule has 29 heavy (non-hydrogen) atoms. The number of amides is 1. The van der Waals surface area contributed by atoms with Gasteiger partial charge in [0.15, 0.2) is 5.96 Å². The van der Waals surface area contributed by atoms with Gasteiger partial charge in [-0.25, -0.2) is 4.79 Å². The summed E-state index contributed by atoms with van der Waals surface area (Å²) in [6, 6.07) is 0.460. The number of hydrogen-bond acceptors (Lipinski definition) is 4. The van der Waals surface area contributed by atoms with Crippen LogP contribution in [0.1, 0.15) is 73.1 Å². The Hall–Kier alpha value is -0.770. The lowest BCUT2D eigenvalue weighted by atomic mass is 10.0. The number of aliphatic imine (C=N–C) groups is 1. The van der Waals surface area contributed by atoms with E-state index in [0.29, 0.717) is 12.6 Å². The van der Waals surface area contributed by atoms with Crippen molar-refractivity contribution < 1.29 is 9.53 Å². The highest BCUT2D eigenvalue weighted by Gasteiger charge is 2.21. The summed E-state index contributed by atoms with van der Waals surface area (Å²) in [5.41, 5.74) is -0.488. The molecule has 172 valence electrons. The number of piperidine rings is 1. The molecule has 0 saturated carbocycles. The van der Waals surface area contributed by atoms with Crippen molar-refractivity contribution in [2.75, 3.05) is 33.2 Å². The van der Waals surface area contributed by atoms with Crippen LogP contribution in [-0.2, 0) is 4.74 Å². The van der Waals surface area contributed by atoms with Gasteiger partial charge in [0.2, 0.25) is 0 Å². The number of nitrogens with one attached hydrogen (secondary N) is 3. The Kier molecular flexibility index (Phi) is 14.7. The minimum absolute atomic E-state index is 0. The number of halogens is 1. The lowest BCUT2D eigenvalue weighted by Crippen LogP contribution is -2.52. The Labute approximate surface area is 195 Å². The molecule has 1 fully saturated rings. The summed E-state index contributed by atoms with van der Waals surface area (Å²) in [7, 11) is 1.79. The van der Waals surface area contributed by atoms with E-state index in [4.69, 9.17) is 4.74 Å². The number of nitrogens with zero attached hydrogens (tertiary/aromatic N) is 2. The molecular formula is C21H44IN5O2. The zero-order valence-corrected chi connectivity index (χ0v) is 21.7. The molecule has 1 aliphatic rings. The van der Waals surface area contributed by atoms with E-state index in [1.54, 1.807) is 7.05 Å². The molecule has 1 heterocycles. The molecule has 7 nitrogen and oxygen atoms in total. The Morgan fingerprint density at radius 2 is 1.86 bits per heavy atom. The standard InChI is InChI=1S/C21H43N5O2.HI/c1-7-9-13-26-14-11-17(12-15-26)24-19(22-6)23-16-18(10-8-2)25-20(27)28-21(3,4)5;/h17-18H,7-16H2,1-6H3,(H,25,27)(H2,22,23,24);1H.